The van der Waals surface area contributed by atoms with Crippen molar-refractivity contribution in [3.8, 4) is 0 Å². The molecule has 152 valence electrons. The molecule has 0 saturated carbocycles. The summed E-state index contributed by atoms with van der Waals surface area (Å²) in [6, 6.07) is 8.99. The molecule has 0 unspecified atom stereocenters. The number of benzene rings is 1. The first-order valence-electron chi connectivity index (χ1n) is 10.0. The van der Waals surface area contributed by atoms with Crippen molar-refractivity contribution in [1.29, 1.82) is 0 Å². The van der Waals surface area contributed by atoms with E-state index in [1.54, 1.807) is 4.90 Å². The first-order chi connectivity index (χ1) is 13.3. The Morgan fingerprint density at radius 1 is 1.18 bits per heavy atom. The van der Waals surface area contributed by atoms with Gasteiger partial charge in [0.25, 0.3) is 0 Å². The predicted molar refractivity (Wildman–Crippen MR) is 106 cm³/mol. The second-order valence-electron chi connectivity index (χ2n) is 8.22. The van der Waals surface area contributed by atoms with Crippen LogP contribution in [0.5, 0.6) is 0 Å². The number of carbonyl (C=O) groups is 3. The zero-order chi connectivity index (χ0) is 20.3. The Labute approximate surface area is 166 Å². The minimum Gasteiger partial charge on any atom is -0.352 e. The zero-order valence-corrected chi connectivity index (χ0v) is 16.9. The number of nitrogens with zero attached hydrogens (tertiary/aromatic N) is 2. The van der Waals surface area contributed by atoms with E-state index in [0.29, 0.717) is 38.4 Å². The van der Waals surface area contributed by atoms with Gasteiger partial charge in [0, 0.05) is 32.6 Å². The van der Waals surface area contributed by atoms with Gasteiger partial charge < -0.3 is 20.4 Å². The van der Waals surface area contributed by atoms with Crippen molar-refractivity contribution in [2.75, 3.05) is 13.1 Å². The molecule has 7 heteroatoms. The SMILES string of the molecule is CC(=O)N[C@H]1C[C@H]2CN(C(=O)NCc3ccccc3)[C@@H](CC(C)C)C(=O)N2C1. The van der Waals surface area contributed by atoms with Gasteiger partial charge >= 0.3 is 6.03 Å². The molecule has 0 spiro atoms. The summed E-state index contributed by atoms with van der Waals surface area (Å²) >= 11 is 0. The summed E-state index contributed by atoms with van der Waals surface area (Å²) in [6.07, 6.45) is 1.31. The monoisotopic (exact) mass is 386 g/mol. The second kappa shape index (κ2) is 8.63. The molecule has 2 fully saturated rings. The Bertz CT molecular complexity index is 722. The molecule has 0 aromatic heterocycles. The van der Waals surface area contributed by atoms with Gasteiger partial charge in [0.15, 0.2) is 0 Å². The summed E-state index contributed by atoms with van der Waals surface area (Å²) in [6.45, 7) is 7.07. The van der Waals surface area contributed by atoms with Crippen molar-refractivity contribution in [2.45, 2.75) is 58.3 Å². The van der Waals surface area contributed by atoms with E-state index in [-0.39, 0.29) is 29.9 Å². The minimum atomic E-state index is -0.455. The van der Waals surface area contributed by atoms with Crippen molar-refractivity contribution in [2.24, 2.45) is 5.92 Å². The highest BCUT2D eigenvalue weighted by Crippen LogP contribution is 2.29. The first kappa shape index (κ1) is 20.2. The molecule has 2 aliphatic rings. The van der Waals surface area contributed by atoms with E-state index in [4.69, 9.17) is 0 Å². The Hall–Kier alpha value is -2.57. The van der Waals surface area contributed by atoms with Gasteiger partial charge in [-0.1, -0.05) is 44.2 Å². The molecule has 2 saturated heterocycles. The van der Waals surface area contributed by atoms with E-state index >= 15 is 0 Å². The summed E-state index contributed by atoms with van der Waals surface area (Å²) in [5.74, 6) is 0.199. The van der Waals surface area contributed by atoms with Crippen molar-refractivity contribution < 1.29 is 14.4 Å². The lowest BCUT2D eigenvalue weighted by Gasteiger charge is -2.43. The Balaban J connectivity index is 1.71. The maximum Gasteiger partial charge on any atom is 0.318 e. The number of rotatable bonds is 5. The van der Waals surface area contributed by atoms with E-state index in [2.05, 4.69) is 24.5 Å². The van der Waals surface area contributed by atoms with Crippen LogP contribution >= 0.6 is 0 Å². The van der Waals surface area contributed by atoms with Gasteiger partial charge in [-0.25, -0.2) is 4.79 Å². The lowest BCUT2D eigenvalue weighted by molar-refractivity contribution is -0.142. The van der Waals surface area contributed by atoms with Crippen molar-refractivity contribution in [1.82, 2.24) is 20.4 Å². The minimum absolute atomic E-state index is 0.00679. The van der Waals surface area contributed by atoms with Crippen LogP contribution in [0, 0.1) is 5.92 Å². The molecule has 1 aromatic carbocycles. The van der Waals surface area contributed by atoms with Crippen LogP contribution in [0.2, 0.25) is 0 Å². The molecule has 0 bridgehead atoms. The molecule has 3 atom stereocenters. The third-order valence-electron chi connectivity index (χ3n) is 5.42. The lowest BCUT2D eigenvalue weighted by atomic mass is 9.97. The Kier molecular flexibility index (Phi) is 6.21. The highest BCUT2D eigenvalue weighted by atomic mass is 16.2. The van der Waals surface area contributed by atoms with Gasteiger partial charge in [-0.2, -0.15) is 0 Å². The maximum atomic E-state index is 13.2. The maximum absolute atomic E-state index is 13.2. The first-order valence-corrected chi connectivity index (χ1v) is 10.0. The van der Waals surface area contributed by atoms with E-state index in [0.717, 1.165) is 5.56 Å². The number of hydrogen-bond acceptors (Lipinski definition) is 3. The highest BCUT2D eigenvalue weighted by Gasteiger charge is 2.47. The standard InChI is InChI=1S/C21H30N4O3/c1-14(2)9-19-20(27)24-12-17(23-15(3)26)10-18(24)13-25(19)21(28)22-11-16-7-5-4-6-8-16/h4-8,14,17-19H,9-13H2,1-3H3,(H,22,28)(H,23,26)/t17-,18-,19-/m0/s1. The van der Waals surface area contributed by atoms with Crippen molar-refractivity contribution >= 4 is 17.8 Å². The van der Waals surface area contributed by atoms with Crippen LogP contribution in [0.1, 0.15) is 39.2 Å². The van der Waals surface area contributed by atoms with Crippen LogP contribution in [0.3, 0.4) is 0 Å². The van der Waals surface area contributed by atoms with E-state index in [9.17, 15) is 14.4 Å². The third kappa shape index (κ3) is 4.64. The summed E-state index contributed by atoms with van der Waals surface area (Å²) in [5, 5.41) is 5.88. The average molecular weight is 386 g/mol. The topological polar surface area (TPSA) is 81.8 Å². The zero-order valence-electron chi connectivity index (χ0n) is 16.9. The number of hydrogen-bond donors (Lipinski definition) is 2. The second-order valence-corrected chi connectivity index (χ2v) is 8.22. The summed E-state index contributed by atoms with van der Waals surface area (Å²) in [4.78, 5) is 41.0. The highest BCUT2D eigenvalue weighted by molar-refractivity contribution is 5.89. The fourth-order valence-electron chi connectivity index (χ4n) is 4.20. The van der Waals surface area contributed by atoms with Crippen molar-refractivity contribution in [3.05, 3.63) is 35.9 Å². The van der Waals surface area contributed by atoms with Crippen molar-refractivity contribution in [3.63, 3.8) is 0 Å². The average Bonchev–Trinajstić information content (AvgIpc) is 3.04. The van der Waals surface area contributed by atoms with Crippen LogP contribution in [0.25, 0.3) is 0 Å². The predicted octanol–water partition coefficient (Wildman–Crippen LogP) is 1.73. The van der Waals surface area contributed by atoms with Gasteiger partial charge in [0.2, 0.25) is 11.8 Å². The van der Waals surface area contributed by atoms with Gasteiger partial charge in [-0.15, -0.1) is 0 Å². The molecule has 2 N–H and O–H groups in total. The Morgan fingerprint density at radius 2 is 1.89 bits per heavy atom. The smallest absolute Gasteiger partial charge is 0.318 e. The molecular formula is C21H30N4O3. The van der Waals surface area contributed by atoms with Crippen LogP contribution in [0.4, 0.5) is 4.79 Å². The summed E-state index contributed by atoms with van der Waals surface area (Å²) in [5.41, 5.74) is 1.02. The molecule has 0 radical (unpaired) electrons. The fraction of sp³-hybridized carbons (Fsp3) is 0.571. The molecule has 1 aromatic rings. The normalized spacial score (nSPS) is 24.3. The molecule has 0 aliphatic carbocycles. The quantitative estimate of drug-likeness (QED) is 0.809. The third-order valence-corrected chi connectivity index (χ3v) is 5.42. The van der Waals surface area contributed by atoms with Gasteiger partial charge in [0.05, 0.1) is 6.04 Å². The van der Waals surface area contributed by atoms with Crippen LogP contribution in [0.15, 0.2) is 30.3 Å². The fourth-order valence-corrected chi connectivity index (χ4v) is 4.20. The van der Waals surface area contributed by atoms with E-state index in [1.165, 1.54) is 6.92 Å². The van der Waals surface area contributed by atoms with Crippen LogP contribution in [-0.4, -0.2) is 58.9 Å². The van der Waals surface area contributed by atoms with Crippen LogP contribution < -0.4 is 10.6 Å². The van der Waals surface area contributed by atoms with Gasteiger partial charge in [-0.3, -0.25) is 9.59 Å². The summed E-state index contributed by atoms with van der Waals surface area (Å²) in [7, 11) is 0. The van der Waals surface area contributed by atoms with Gasteiger partial charge in [-0.05, 0) is 24.3 Å². The molecule has 2 heterocycles. The number of fused-ring (bicyclic) bond motifs is 1. The molecule has 7 nitrogen and oxygen atoms in total. The molecule has 4 amide bonds. The number of piperazine rings is 1. The van der Waals surface area contributed by atoms with E-state index < -0.39 is 6.04 Å². The summed E-state index contributed by atoms with van der Waals surface area (Å²) < 4.78 is 0. The lowest BCUT2D eigenvalue weighted by Crippen LogP contribution is -2.63. The molecular weight excluding hydrogens is 356 g/mol. The molecule has 2 aliphatic heterocycles. The number of amides is 4. The number of carbonyl (C=O) groups excluding carboxylic acids is 3. The molecule has 28 heavy (non-hydrogen) atoms. The van der Waals surface area contributed by atoms with Crippen LogP contribution in [-0.2, 0) is 16.1 Å². The molecule has 3 rings (SSSR count). The number of urea groups is 1. The number of nitrogens with one attached hydrogen (secondary N) is 2. The van der Waals surface area contributed by atoms with Gasteiger partial charge in [0.1, 0.15) is 6.04 Å². The largest absolute Gasteiger partial charge is 0.352 e. The Morgan fingerprint density at radius 3 is 2.54 bits per heavy atom. The van der Waals surface area contributed by atoms with E-state index in [1.807, 2.05) is 35.2 Å².